The monoisotopic (exact) mass is 170 g/mol. The van der Waals surface area contributed by atoms with Gasteiger partial charge in [0, 0.05) is 25.2 Å². The zero-order chi connectivity index (χ0) is 8.55. The van der Waals surface area contributed by atoms with Gasteiger partial charge in [0.15, 0.2) is 0 Å². The van der Waals surface area contributed by atoms with E-state index in [0.717, 1.165) is 19.5 Å². The van der Waals surface area contributed by atoms with Gasteiger partial charge in [-0.25, -0.2) is 0 Å². The number of nitrogens with one attached hydrogen (secondary N) is 1. The highest BCUT2D eigenvalue weighted by atomic mass is 16.4. The summed E-state index contributed by atoms with van der Waals surface area (Å²) in [4.78, 5) is 12.6. The summed E-state index contributed by atoms with van der Waals surface area (Å²) in [6.07, 6.45) is 2.37. The first-order valence-electron chi connectivity index (χ1n) is 4.45. The normalized spacial score (nSPS) is 35.3. The Morgan fingerprint density at radius 1 is 1.58 bits per heavy atom. The first-order valence-corrected chi connectivity index (χ1v) is 4.45. The van der Waals surface area contributed by atoms with E-state index in [1.165, 1.54) is 6.42 Å². The van der Waals surface area contributed by atoms with Gasteiger partial charge in [-0.3, -0.25) is 9.69 Å². The highest BCUT2D eigenvalue weighted by molar-refractivity contribution is 5.69. The lowest BCUT2D eigenvalue weighted by molar-refractivity contribution is -0.139. The van der Waals surface area contributed by atoms with Crippen molar-refractivity contribution in [3.63, 3.8) is 0 Å². The average molecular weight is 170 g/mol. The van der Waals surface area contributed by atoms with Crippen LogP contribution in [-0.2, 0) is 4.79 Å². The lowest BCUT2D eigenvalue weighted by Gasteiger charge is -2.45. The molecule has 4 heteroatoms. The molecule has 3 fully saturated rings. The van der Waals surface area contributed by atoms with Crippen molar-refractivity contribution in [1.82, 2.24) is 10.2 Å². The van der Waals surface area contributed by atoms with E-state index in [1.807, 2.05) is 0 Å². The van der Waals surface area contributed by atoms with Crippen molar-refractivity contribution in [3.8, 4) is 0 Å². The quantitative estimate of drug-likeness (QED) is 0.587. The maximum Gasteiger partial charge on any atom is 0.317 e. The third-order valence-corrected chi connectivity index (χ3v) is 2.80. The maximum atomic E-state index is 10.5. The minimum Gasteiger partial charge on any atom is -0.480 e. The second kappa shape index (κ2) is 3.03. The second-order valence-corrected chi connectivity index (χ2v) is 3.66. The molecule has 3 rings (SSSR count). The molecule has 0 radical (unpaired) electrons. The summed E-state index contributed by atoms with van der Waals surface area (Å²) in [6.45, 7) is 2.10. The Morgan fingerprint density at radius 2 is 2.42 bits per heavy atom. The Morgan fingerprint density at radius 3 is 2.83 bits per heavy atom. The lowest BCUT2D eigenvalue weighted by atomic mass is 9.93. The van der Waals surface area contributed by atoms with Crippen LogP contribution >= 0.6 is 0 Å². The number of aliphatic carboxylic acids is 1. The third kappa shape index (κ3) is 1.44. The molecule has 0 saturated carbocycles. The van der Waals surface area contributed by atoms with Crippen LogP contribution < -0.4 is 5.32 Å². The van der Waals surface area contributed by atoms with Crippen molar-refractivity contribution in [2.24, 2.45) is 0 Å². The van der Waals surface area contributed by atoms with Crippen molar-refractivity contribution >= 4 is 5.97 Å². The number of hydrogen-bond acceptors (Lipinski definition) is 3. The van der Waals surface area contributed by atoms with Crippen LogP contribution in [0.5, 0.6) is 0 Å². The summed E-state index contributed by atoms with van der Waals surface area (Å²) in [5.41, 5.74) is 0. The summed E-state index contributed by atoms with van der Waals surface area (Å²) in [5, 5.41) is 12.0. The fourth-order valence-corrected chi connectivity index (χ4v) is 2.17. The van der Waals surface area contributed by atoms with E-state index in [9.17, 15) is 4.79 Å². The molecule has 0 aromatic heterocycles. The number of carboxylic acids is 1. The zero-order valence-electron chi connectivity index (χ0n) is 6.99. The van der Waals surface area contributed by atoms with Gasteiger partial charge in [-0.1, -0.05) is 0 Å². The van der Waals surface area contributed by atoms with E-state index in [2.05, 4.69) is 10.2 Å². The molecular weight excluding hydrogens is 156 g/mol. The lowest BCUT2D eigenvalue weighted by Crippen LogP contribution is -2.61. The van der Waals surface area contributed by atoms with Gasteiger partial charge in [0.25, 0.3) is 0 Å². The Kier molecular flexibility index (Phi) is 2.02. The molecule has 2 unspecified atom stereocenters. The van der Waals surface area contributed by atoms with Gasteiger partial charge >= 0.3 is 5.97 Å². The van der Waals surface area contributed by atoms with E-state index < -0.39 is 5.97 Å². The molecule has 68 valence electrons. The fourth-order valence-electron chi connectivity index (χ4n) is 2.17. The molecule has 2 bridgehead atoms. The fraction of sp³-hybridized carbons (Fsp3) is 0.875. The predicted octanol–water partition coefficient (Wildman–Crippen LogP) is -0.493. The van der Waals surface area contributed by atoms with Gasteiger partial charge in [0.05, 0.1) is 6.54 Å². The standard InChI is InChI=1S/C8H14N2O2/c11-8(12)5-10-4-6-1-2-7(10)3-9-6/h6-7,9H,1-5H2,(H,11,12). The second-order valence-electron chi connectivity index (χ2n) is 3.66. The third-order valence-electron chi connectivity index (χ3n) is 2.80. The van der Waals surface area contributed by atoms with E-state index >= 15 is 0 Å². The van der Waals surface area contributed by atoms with Gasteiger partial charge < -0.3 is 10.4 Å². The molecule has 2 N–H and O–H groups in total. The molecule has 4 nitrogen and oxygen atoms in total. The van der Waals surface area contributed by atoms with Gasteiger partial charge in [-0.15, -0.1) is 0 Å². The Balaban J connectivity index is 1.95. The number of hydrogen-bond donors (Lipinski definition) is 2. The van der Waals surface area contributed by atoms with Crippen LogP contribution in [0.15, 0.2) is 0 Å². The van der Waals surface area contributed by atoms with E-state index in [1.54, 1.807) is 0 Å². The molecule has 3 saturated heterocycles. The predicted molar refractivity (Wildman–Crippen MR) is 44.0 cm³/mol. The van der Waals surface area contributed by atoms with Gasteiger partial charge in [0.2, 0.25) is 0 Å². The Hall–Kier alpha value is -0.610. The summed E-state index contributed by atoms with van der Waals surface area (Å²) < 4.78 is 0. The molecule has 3 aliphatic heterocycles. The molecule has 0 amide bonds. The summed E-state index contributed by atoms with van der Waals surface area (Å²) >= 11 is 0. The van der Waals surface area contributed by atoms with Gasteiger partial charge in [0.1, 0.15) is 0 Å². The number of rotatable bonds is 2. The van der Waals surface area contributed by atoms with Gasteiger partial charge in [-0.2, -0.15) is 0 Å². The molecule has 0 aromatic carbocycles. The van der Waals surface area contributed by atoms with Gasteiger partial charge in [-0.05, 0) is 12.8 Å². The Labute approximate surface area is 71.5 Å². The molecule has 3 aliphatic rings. The van der Waals surface area contributed by atoms with Crippen LogP contribution in [-0.4, -0.2) is 47.7 Å². The summed E-state index contributed by atoms with van der Waals surface area (Å²) in [7, 11) is 0. The smallest absolute Gasteiger partial charge is 0.317 e. The number of nitrogens with zero attached hydrogens (tertiary/aromatic N) is 1. The molecule has 2 atom stereocenters. The molecule has 0 spiro atoms. The molecule has 0 aromatic rings. The van der Waals surface area contributed by atoms with Crippen LogP contribution in [0.1, 0.15) is 12.8 Å². The minimum absolute atomic E-state index is 0.211. The molecular formula is C8H14N2O2. The first kappa shape index (κ1) is 8.01. The number of carboxylic acid groups (broad SMARTS) is 1. The number of carbonyl (C=O) groups is 1. The highest BCUT2D eigenvalue weighted by Gasteiger charge is 2.33. The zero-order valence-corrected chi connectivity index (χ0v) is 6.99. The number of piperidine rings is 2. The first-order chi connectivity index (χ1) is 5.75. The molecule has 12 heavy (non-hydrogen) atoms. The van der Waals surface area contributed by atoms with Crippen molar-refractivity contribution in [1.29, 1.82) is 0 Å². The van der Waals surface area contributed by atoms with Crippen molar-refractivity contribution in [3.05, 3.63) is 0 Å². The van der Waals surface area contributed by atoms with Crippen LogP contribution in [0.4, 0.5) is 0 Å². The molecule has 3 heterocycles. The number of piperazine rings is 1. The average Bonchev–Trinajstić information content (AvgIpc) is 2.05. The van der Waals surface area contributed by atoms with Crippen LogP contribution in [0.3, 0.4) is 0 Å². The van der Waals surface area contributed by atoms with Crippen molar-refractivity contribution in [2.75, 3.05) is 19.6 Å². The van der Waals surface area contributed by atoms with Crippen LogP contribution in [0.25, 0.3) is 0 Å². The van der Waals surface area contributed by atoms with E-state index in [-0.39, 0.29) is 6.54 Å². The highest BCUT2D eigenvalue weighted by Crippen LogP contribution is 2.21. The van der Waals surface area contributed by atoms with E-state index in [0.29, 0.717) is 12.1 Å². The topological polar surface area (TPSA) is 52.6 Å². The van der Waals surface area contributed by atoms with Crippen molar-refractivity contribution < 1.29 is 9.90 Å². The van der Waals surface area contributed by atoms with E-state index in [4.69, 9.17) is 5.11 Å². The van der Waals surface area contributed by atoms with Crippen LogP contribution in [0, 0.1) is 0 Å². The summed E-state index contributed by atoms with van der Waals surface area (Å²) in [6, 6.07) is 1.00. The SMILES string of the molecule is O=C(O)CN1CC2CCC1CN2. The van der Waals surface area contributed by atoms with Crippen LogP contribution in [0.2, 0.25) is 0 Å². The maximum absolute atomic E-state index is 10.5. The van der Waals surface area contributed by atoms with Crippen molar-refractivity contribution in [2.45, 2.75) is 24.9 Å². The summed E-state index contributed by atoms with van der Waals surface area (Å²) in [5.74, 6) is -0.706. The molecule has 0 aliphatic carbocycles. The minimum atomic E-state index is -0.706. The number of fused-ring (bicyclic) bond motifs is 3. The Bertz CT molecular complexity index is 187. The largest absolute Gasteiger partial charge is 0.480 e.